The third kappa shape index (κ3) is 5.55. The van der Waals surface area contributed by atoms with E-state index >= 15 is 0 Å². The van der Waals surface area contributed by atoms with Crippen molar-refractivity contribution in [3.05, 3.63) is 194 Å². The first-order valence-electron chi connectivity index (χ1n) is 18.9. The molecule has 260 valence electrons. The zero-order valence-electron chi connectivity index (χ0n) is 30.3. The zero-order chi connectivity index (χ0) is 37.0. The molecule has 11 rings (SSSR count). The van der Waals surface area contributed by atoms with Gasteiger partial charge in [-0.25, -0.2) is 19.9 Å². The normalized spacial score (nSPS) is 11.6. The summed E-state index contributed by atoms with van der Waals surface area (Å²) in [6.45, 7) is 0. The minimum absolute atomic E-state index is 0.712. The third-order valence-corrected chi connectivity index (χ3v) is 10.8. The van der Waals surface area contributed by atoms with Gasteiger partial charge in [-0.15, -0.1) is 0 Å². The average molecular weight is 713 g/mol. The van der Waals surface area contributed by atoms with Crippen molar-refractivity contribution in [2.24, 2.45) is 0 Å². The Kier molecular flexibility index (Phi) is 7.46. The third-order valence-electron chi connectivity index (χ3n) is 10.8. The summed E-state index contributed by atoms with van der Waals surface area (Å²) in [5.74, 6) is 0.712. The van der Waals surface area contributed by atoms with Gasteiger partial charge in [0.2, 0.25) is 0 Å². The molecule has 4 heteroatoms. The molecule has 0 aliphatic carbocycles. The Hall–Kier alpha value is -7.56. The molecule has 0 amide bonds. The first kappa shape index (κ1) is 31.9. The lowest BCUT2D eigenvalue weighted by Gasteiger charge is -2.13. The van der Waals surface area contributed by atoms with Crippen molar-refractivity contribution < 1.29 is 0 Å². The molecule has 3 heterocycles. The van der Waals surface area contributed by atoms with Gasteiger partial charge in [0.15, 0.2) is 5.82 Å². The Morgan fingerprint density at radius 3 is 1.52 bits per heavy atom. The van der Waals surface area contributed by atoms with Crippen LogP contribution in [0.5, 0.6) is 0 Å². The van der Waals surface area contributed by atoms with Crippen LogP contribution >= 0.6 is 0 Å². The standard InChI is InChI=1S/C52H32N4/c1-4-12-33(13-5-1)47-32-48(56-52(55-47)36-16-8-3-9-17-36)40-23-21-38-28-41-30-39(22-20-37(41)29-42(38)31-40)45-27-25-35-24-26-44-49(34-14-6-2-7-15-34)43-18-10-11-19-46(43)54-51(44)50(35)53-45/h1-32H. The molecule has 0 aliphatic heterocycles. The molecular formula is C52H32N4. The van der Waals surface area contributed by atoms with E-state index in [4.69, 9.17) is 19.9 Å². The van der Waals surface area contributed by atoms with E-state index in [1.165, 1.54) is 21.9 Å². The molecule has 3 aromatic heterocycles. The lowest BCUT2D eigenvalue weighted by molar-refractivity contribution is 1.18. The van der Waals surface area contributed by atoms with Gasteiger partial charge in [-0.3, -0.25) is 0 Å². The summed E-state index contributed by atoms with van der Waals surface area (Å²) in [5.41, 5.74) is 12.0. The summed E-state index contributed by atoms with van der Waals surface area (Å²) in [7, 11) is 0. The van der Waals surface area contributed by atoms with Gasteiger partial charge in [-0.05, 0) is 69.6 Å². The molecule has 0 fully saturated rings. The van der Waals surface area contributed by atoms with Crippen LogP contribution in [0, 0.1) is 0 Å². The molecule has 0 saturated heterocycles. The van der Waals surface area contributed by atoms with E-state index < -0.39 is 0 Å². The summed E-state index contributed by atoms with van der Waals surface area (Å²) in [6.07, 6.45) is 0. The van der Waals surface area contributed by atoms with Crippen molar-refractivity contribution in [1.29, 1.82) is 0 Å². The highest BCUT2D eigenvalue weighted by Crippen LogP contribution is 2.38. The summed E-state index contributed by atoms with van der Waals surface area (Å²) in [6, 6.07) is 68.0. The number of nitrogens with zero attached hydrogens (tertiary/aromatic N) is 4. The Bertz CT molecular complexity index is 3230. The Morgan fingerprint density at radius 2 is 0.821 bits per heavy atom. The molecule has 8 aromatic carbocycles. The molecule has 56 heavy (non-hydrogen) atoms. The molecule has 0 radical (unpaired) electrons. The molecule has 11 aromatic rings. The molecule has 0 unspecified atom stereocenters. The first-order valence-corrected chi connectivity index (χ1v) is 18.9. The number of aromatic nitrogens is 4. The van der Waals surface area contributed by atoms with Crippen LogP contribution in [0.25, 0.3) is 111 Å². The van der Waals surface area contributed by atoms with Gasteiger partial charge in [-0.2, -0.15) is 0 Å². The minimum atomic E-state index is 0.712. The van der Waals surface area contributed by atoms with Crippen LogP contribution in [0.15, 0.2) is 194 Å². The van der Waals surface area contributed by atoms with E-state index in [-0.39, 0.29) is 0 Å². The lowest BCUT2D eigenvalue weighted by Crippen LogP contribution is -1.95. The van der Waals surface area contributed by atoms with Crippen molar-refractivity contribution in [1.82, 2.24) is 19.9 Å². The molecule has 0 atom stereocenters. The fraction of sp³-hybridized carbons (Fsp3) is 0. The Labute approximate surface area is 323 Å². The lowest BCUT2D eigenvalue weighted by atomic mass is 9.95. The first-order chi connectivity index (χ1) is 27.7. The van der Waals surface area contributed by atoms with E-state index in [1.54, 1.807) is 0 Å². The number of fused-ring (bicyclic) bond motifs is 6. The van der Waals surface area contributed by atoms with Crippen LogP contribution in [0.4, 0.5) is 0 Å². The molecule has 0 saturated carbocycles. The Morgan fingerprint density at radius 1 is 0.268 bits per heavy atom. The second-order valence-corrected chi connectivity index (χ2v) is 14.3. The second-order valence-electron chi connectivity index (χ2n) is 14.3. The van der Waals surface area contributed by atoms with Crippen LogP contribution in [-0.4, -0.2) is 19.9 Å². The molecule has 0 aliphatic rings. The van der Waals surface area contributed by atoms with Gasteiger partial charge in [0.05, 0.1) is 33.6 Å². The minimum Gasteiger partial charge on any atom is -0.245 e. The van der Waals surface area contributed by atoms with Crippen molar-refractivity contribution in [2.75, 3.05) is 0 Å². The smallest absolute Gasteiger partial charge is 0.160 e. The van der Waals surface area contributed by atoms with Gasteiger partial charge in [0.25, 0.3) is 0 Å². The summed E-state index contributed by atoms with van der Waals surface area (Å²) in [5, 5.41) is 7.97. The fourth-order valence-corrected chi connectivity index (χ4v) is 8.00. The second kappa shape index (κ2) is 13.1. The van der Waals surface area contributed by atoms with Crippen molar-refractivity contribution in [3.8, 4) is 56.3 Å². The maximum Gasteiger partial charge on any atom is 0.160 e. The van der Waals surface area contributed by atoms with Crippen molar-refractivity contribution >= 4 is 54.3 Å². The van der Waals surface area contributed by atoms with Gasteiger partial charge in [0.1, 0.15) is 0 Å². The average Bonchev–Trinajstić information content (AvgIpc) is 3.27. The van der Waals surface area contributed by atoms with Gasteiger partial charge in [0, 0.05) is 44.0 Å². The number of benzene rings is 8. The molecule has 0 N–H and O–H groups in total. The van der Waals surface area contributed by atoms with Crippen LogP contribution in [0.1, 0.15) is 0 Å². The summed E-state index contributed by atoms with van der Waals surface area (Å²) >= 11 is 0. The largest absolute Gasteiger partial charge is 0.245 e. The van der Waals surface area contributed by atoms with E-state index in [0.29, 0.717) is 5.82 Å². The number of para-hydroxylation sites is 1. The van der Waals surface area contributed by atoms with E-state index in [1.807, 2.05) is 36.4 Å². The van der Waals surface area contributed by atoms with Gasteiger partial charge < -0.3 is 0 Å². The van der Waals surface area contributed by atoms with Gasteiger partial charge in [-0.1, -0.05) is 152 Å². The van der Waals surface area contributed by atoms with Crippen LogP contribution in [0.2, 0.25) is 0 Å². The summed E-state index contributed by atoms with van der Waals surface area (Å²) < 4.78 is 0. The van der Waals surface area contributed by atoms with Crippen LogP contribution < -0.4 is 0 Å². The quantitative estimate of drug-likeness (QED) is 0.132. The van der Waals surface area contributed by atoms with Crippen molar-refractivity contribution in [3.63, 3.8) is 0 Å². The topological polar surface area (TPSA) is 51.6 Å². The van der Waals surface area contributed by atoms with Crippen LogP contribution in [0.3, 0.4) is 0 Å². The van der Waals surface area contributed by atoms with E-state index in [9.17, 15) is 0 Å². The van der Waals surface area contributed by atoms with Gasteiger partial charge >= 0.3 is 0 Å². The monoisotopic (exact) mass is 712 g/mol. The molecule has 4 nitrogen and oxygen atoms in total. The number of pyridine rings is 2. The maximum atomic E-state index is 5.31. The number of hydrogen-bond donors (Lipinski definition) is 0. The highest BCUT2D eigenvalue weighted by atomic mass is 14.9. The SMILES string of the molecule is c1ccc(-c2cc(-c3ccc4cc5cc(-c6ccc7ccc8c(-c9ccccc9)c9ccccc9nc8c7n6)ccc5cc4c3)nc(-c3ccccc3)n2)cc1. The van der Waals surface area contributed by atoms with E-state index in [0.717, 1.165) is 82.8 Å². The predicted molar refractivity (Wildman–Crippen MR) is 232 cm³/mol. The van der Waals surface area contributed by atoms with Crippen molar-refractivity contribution in [2.45, 2.75) is 0 Å². The molecular weight excluding hydrogens is 681 g/mol. The number of hydrogen-bond acceptors (Lipinski definition) is 4. The Balaban J connectivity index is 1.01. The fourth-order valence-electron chi connectivity index (χ4n) is 8.00. The van der Waals surface area contributed by atoms with Crippen LogP contribution in [-0.2, 0) is 0 Å². The highest BCUT2D eigenvalue weighted by molar-refractivity contribution is 6.16. The zero-order valence-corrected chi connectivity index (χ0v) is 30.3. The molecule has 0 bridgehead atoms. The maximum absolute atomic E-state index is 5.31. The molecule has 0 spiro atoms. The van der Waals surface area contributed by atoms with E-state index in [2.05, 4.69) is 158 Å². The number of rotatable bonds is 5. The predicted octanol–water partition coefficient (Wildman–Crippen LogP) is 13.4. The summed E-state index contributed by atoms with van der Waals surface area (Å²) in [4.78, 5) is 20.6. The highest BCUT2D eigenvalue weighted by Gasteiger charge is 2.16.